The molecule has 0 spiro atoms. The van der Waals surface area contributed by atoms with E-state index in [2.05, 4.69) is 34.7 Å². The molecule has 0 amide bonds. The molecule has 0 N–H and O–H groups in total. The molecule has 1 rings (SSSR count). The van der Waals surface area contributed by atoms with E-state index in [1.165, 1.54) is 0 Å². The average Bonchev–Trinajstić information content (AvgIpc) is 2.36. The fourth-order valence-electron chi connectivity index (χ4n) is 1.88. The third-order valence-corrected chi connectivity index (χ3v) is 3.65. The highest BCUT2D eigenvalue weighted by atomic mass is 79.9. The molecule has 0 aliphatic heterocycles. The second kappa shape index (κ2) is 7.67. The number of hydrogen-bond acceptors (Lipinski definition) is 3. The van der Waals surface area contributed by atoms with E-state index in [1.54, 1.807) is 7.11 Å². The van der Waals surface area contributed by atoms with E-state index in [0.717, 1.165) is 16.6 Å². The van der Waals surface area contributed by atoms with Crippen LogP contribution in [0.25, 0.3) is 0 Å². The van der Waals surface area contributed by atoms with E-state index < -0.39 is 0 Å². The fraction of sp³-hybridized carbons (Fsp3) is 0.500. The lowest BCUT2D eigenvalue weighted by Crippen LogP contribution is -2.39. The van der Waals surface area contributed by atoms with Crippen LogP contribution in [0.3, 0.4) is 0 Å². The Kier molecular flexibility index (Phi) is 6.54. The highest BCUT2D eigenvalue weighted by Crippen LogP contribution is 2.17. The number of ether oxygens (including phenoxy) is 1. The summed E-state index contributed by atoms with van der Waals surface area (Å²) >= 11 is 3.41. The lowest BCUT2D eigenvalue weighted by Gasteiger charge is -2.26. The van der Waals surface area contributed by atoms with Crippen molar-refractivity contribution in [3.63, 3.8) is 0 Å². The summed E-state index contributed by atoms with van der Waals surface area (Å²) < 4.78 is 5.99. The van der Waals surface area contributed by atoms with Crippen molar-refractivity contribution in [2.24, 2.45) is 0 Å². The van der Waals surface area contributed by atoms with Gasteiger partial charge in [-0.1, -0.05) is 41.1 Å². The topological polar surface area (TPSA) is 29.5 Å². The molecule has 0 saturated heterocycles. The summed E-state index contributed by atoms with van der Waals surface area (Å²) in [6.45, 7) is 6.02. The molecule has 0 saturated carbocycles. The summed E-state index contributed by atoms with van der Waals surface area (Å²) in [6, 6.07) is 7.77. The molecule has 0 aliphatic rings. The van der Waals surface area contributed by atoms with E-state index in [0.29, 0.717) is 13.2 Å². The Morgan fingerprint density at radius 3 is 2.67 bits per heavy atom. The number of likely N-dealkylation sites (N-methyl/N-ethyl adjacent to an activating group) is 1. The van der Waals surface area contributed by atoms with Gasteiger partial charge in [-0.15, -0.1) is 0 Å². The molecule has 0 radical (unpaired) electrons. The van der Waals surface area contributed by atoms with Gasteiger partial charge in [0.15, 0.2) is 5.78 Å². The van der Waals surface area contributed by atoms with E-state index in [-0.39, 0.29) is 11.8 Å². The third kappa shape index (κ3) is 4.19. The Morgan fingerprint density at radius 2 is 2.11 bits per heavy atom. The number of rotatable bonds is 7. The number of nitrogens with zero attached hydrogens (tertiary/aromatic N) is 1. The first-order valence-electron chi connectivity index (χ1n) is 6.10. The Hall–Kier alpha value is -0.710. The molecular formula is C14H20BrNO2. The molecular weight excluding hydrogens is 294 g/mol. The van der Waals surface area contributed by atoms with Crippen molar-refractivity contribution in [3.05, 3.63) is 34.3 Å². The van der Waals surface area contributed by atoms with Gasteiger partial charge in [0.05, 0.1) is 13.2 Å². The normalized spacial score (nSPS) is 12.7. The highest BCUT2D eigenvalue weighted by molar-refractivity contribution is 9.10. The van der Waals surface area contributed by atoms with Gasteiger partial charge in [0.2, 0.25) is 0 Å². The Balaban J connectivity index is 2.71. The van der Waals surface area contributed by atoms with Crippen LogP contribution in [-0.4, -0.2) is 43.5 Å². The summed E-state index contributed by atoms with van der Waals surface area (Å²) in [5.74, 6) is 0.132. The van der Waals surface area contributed by atoms with Crippen LogP contribution in [-0.2, 0) is 4.74 Å². The molecule has 0 fully saturated rings. The maximum absolute atomic E-state index is 12.2. The van der Waals surface area contributed by atoms with E-state index in [1.807, 2.05) is 24.3 Å². The number of carbonyl (C=O) groups is 1. The number of halogens is 1. The number of benzene rings is 1. The molecule has 18 heavy (non-hydrogen) atoms. The predicted octanol–water partition coefficient (Wildman–Crippen LogP) is 2.99. The molecule has 0 heterocycles. The summed E-state index contributed by atoms with van der Waals surface area (Å²) in [5, 5.41) is 0. The van der Waals surface area contributed by atoms with Gasteiger partial charge in [-0.25, -0.2) is 0 Å². The van der Waals surface area contributed by atoms with Gasteiger partial charge in [-0.05, 0) is 19.5 Å². The maximum Gasteiger partial charge on any atom is 0.177 e. The third-order valence-electron chi connectivity index (χ3n) is 2.96. The second-order valence-corrected chi connectivity index (χ2v) is 5.12. The largest absolute Gasteiger partial charge is 0.383 e. The lowest BCUT2D eigenvalue weighted by atomic mass is 10.1. The van der Waals surface area contributed by atoms with Crippen LogP contribution < -0.4 is 0 Å². The number of ketones is 1. The van der Waals surface area contributed by atoms with Crippen molar-refractivity contribution >= 4 is 21.7 Å². The molecule has 1 unspecified atom stereocenters. The van der Waals surface area contributed by atoms with Crippen molar-refractivity contribution in [2.45, 2.75) is 19.9 Å². The standard InChI is InChI=1S/C14H20BrNO2/c1-4-16(11(2)10-18-3)9-14(17)12-7-5-6-8-13(12)15/h5-8,11H,4,9-10H2,1-3H3. The van der Waals surface area contributed by atoms with Crippen LogP contribution in [0.2, 0.25) is 0 Å². The molecule has 1 aromatic rings. The summed E-state index contributed by atoms with van der Waals surface area (Å²) in [6.07, 6.45) is 0. The molecule has 100 valence electrons. The van der Waals surface area contributed by atoms with Gasteiger partial charge < -0.3 is 4.74 Å². The molecule has 4 heteroatoms. The first-order valence-corrected chi connectivity index (χ1v) is 6.90. The Morgan fingerprint density at radius 1 is 1.44 bits per heavy atom. The number of carbonyl (C=O) groups excluding carboxylic acids is 1. The van der Waals surface area contributed by atoms with Gasteiger partial charge in [0.25, 0.3) is 0 Å². The van der Waals surface area contributed by atoms with E-state index in [4.69, 9.17) is 4.74 Å². The SMILES string of the molecule is CCN(CC(=O)c1ccccc1Br)C(C)COC. The zero-order valence-electron chi connectivity index (χ0n) is 11.1. The lowest BCUT2D eigenvalue weighted by molar-refractivity contribution is 0.0787. The monoisotopic (exact) mass is 313 g/mol. The van der Waals surface area contributed by atoms with Crippen LogP contribution in [0.1, 0.15) is 24.2 Å². The average molecular weight is 314 g/mol. The van der Waals surface area contributed by atoms with Crippen molar-refractivity contribution < 1.29 is 9.53 Å². The summed E-state index contributed by atoms with van der Waals surface area (Å²) in [4.78, 5) is 14.3. The van der Waals surface area contributed by atoms with Crippen molar-refractivity contribution in [3.8, 4) is 0 Å². The van der Waals surface area contributed by atoms with Crippen LogP contribution in [0.5, 0.6) is 0 Å². The van der Waals surface area contributed by atoms with Crippen molar-refractivity contribution in [1.82, 2.24) is 4.90 Å². The van der Waals surface area contributed by atoms with Gasteiger partial charge in [-0.2, -0.15) is 0 Å². The minimum absolute atomic E-state index is 0.132. The zero-order chi connectivity index (χ0) is 13.5. The number of hydrogen-bond donors (Lipinski definition) is 0. The minimum Gasteiger partial charge on any atom is -0.383 e. The molecule has 1 atom stereocenters. The van der Waals surface area contributed by atoms with Gasteiger partial charge in [0, 0.05) is 23.2 Å². The summed E-state index contributed by atoms with van der Waals surface area (Å²) in [5.41, 5.74) is 0.737. The van der Waals surface area contributed by atoms with Crippen LogP contribution in [0, 0.1) is 0 Å². The van der Waals surface area contributed by atoms with E-state index >= 15 is 0 Å². The number of Topliss-reactive ketones (excluding diaryl/α,β-unsaturated/α-hetero) is 1. The van der Waals surface area contributed by atoms with E-state index in [9.17, 15) is 4.79 Å². The fourth-order valence-corrected chi connectivity index (χ4v) is 2.39. The van der Waals surface area contributed by atoms with Gasteiger partial charge >= 0.3 is 0 Å². The minimum atomic E-state index is 0.132. The van der Waals surface area contributed by atoms with Gasteiger partial charge in [0.1, 0.15) is 0 Å². The Labute approximate surface area is 117 Å². The summed E-state index contributed by atoms with van der Waals surface area (Å²) in [7, 11) is 1.68. The maximum atomic E-state index is 12.2. The van der Waals surface area contributed by atoms with Crippen molar-refractivity contribution in [1.29, 1.82) is 0 Å². The van der Waals surface area contributed by atoms with Crippen molar-refractivity contribution in [2.75, 3.05) is 26.8 Å². The van der Waals surface area contributed by atoms with Crippen LogP contribution >= 0.6 is 15.9 Å². The smallest absolute Gasteiger partial charge is 0.177 e. The number of methoxy groups -OCH3 is 1. The first kappa shape index (κ1) is 15.3. The van der Waals surface area contributed by atoms with Crippen LogP contribution in [0.4, 0.5) is 0 Å². The molecule has 0 bridgehead atoms. The molecule has 3 nitrogen and oxygen atoms in total. The molecule has 0 aliphatic carbocycles. The zero-order valence-corrected chi connectivity index (χ0v) is 12.7. The van der Waals surface area contributed by atoms with Gasteiger partial charge in [-0.3, -0.25) is 9.69 Å². The quantitative estimate of drug-likeness (QED) is 0.725. The second-order valence-electron chi connectivity index (χ2n) is 4.27. The predicted molar refractivity (Wildman–Crippen MR) is 77.1 cm³/mol. The Bertz CT molecular complexity index is 395. The first-order chi connectivity index (χ1) is 8.60. The molecule has 0 aromatic heterocycles. The molecule has 1 aromatic carbocycles. The highest BCUT2D eigenvalue weighted by Gasteiger charge is 2.17. The van der Waals surface area contributed by atoms with Crippen LogP contribution in [0.15, 0.2) is 28.7 Å².